The first-order chi connectivity index (χ1) is 11.6. The van der Waals surface area contributed by atoms with E-state index in [1.807, 2.05) is 43.3 Å². The van der Waals surface area contributed by atoms with E-state index in [1.165, 1.54) is 0 Å². The number of benzene rings is 1. The van der Waals surface area contributed by atoms with Crippen LogP contribution in [-0.4, -0.2) is 20.0 Å². The van der Waals surface area contributed by atoms with Crippen molar-refractivity contribution in [2.24, 2.45) is 7.05 Å². The summed E-state index contributed by atoms with van der Waals surface area (Å²) in [4.78, 5) is 28.5. The van der Waals surface area contributed by atoms with Crippen molar-refractivity contribution in [3.8, 4) is 0 Å². The molecule has 6 nitrogen and oxygen atoms in total. The smallest absolute Gasteiger partial charge is 0.328 e. The summed E-state index contributed by atoms with van der Waals surface area (Å²) in [5.41, 5.74) is 2.61. The molecule has 3 rings (SSSR count). The number of aryl methyl sites for hydroxylation is 2. The second-order valence-electron chi connectivity index (χ2n) is 5.80. The summed E-state index contributed by atoms with van der Waals surface area (Å²) in [7, 11) is 1.74. The summed E-state index contributed by atoms with van der Waals surface area (Å²) >= 11 is 0. The largest absolute Gasteiger partial charge is 0.350 e. The van der Waals surface area contributed by atoms with E-state index >= 15 is 0 Å². The number of pyridine rings is 1. The van der Waals surface area contributed by atoms with Crippen LogP contribution < -0.4 is 11.0 Å². The maximum atomic E-state index is 12.3. The van der Waals surface area contributed by atoms with Crippen LogP contribution in [0.2, 0.25) is 0 Å². The lowest BCUT2D eigenvalue weighted by Gasteiger charge is -2.14. The molecule has 0 aliphatic carbocycles. The molecule has 1 N–H and O–H groups in total. The molecule has 0 fully saturated rings. The van der Waals surface area contributed by atoms with Crippen LogP contribution >= 0.6 is 0 Å². The minimum Gasteiger partial charge on any atom is -0.350 e. The van der Waals surface area contributed by atoms with Crippen molar-refractivity contribution >= 4 is 16.9 Å². The zero-order chi connectivity index (χ0) is 17.1. The van der Waals surface area contributed by atoms with Gasteiger partial charge in [-0.1, -0.05) is 12.1 Å². The molecule has 6 heteroatoms. The van der Waals surface area contributed by atoms with Crippen molar-refractivity contribution < 1.29 is 4.79 Å². The monoisotopic (exact) mass is 324 g/mol. The zero-order valence-electron chi connectivity index (χ0n) is 13.8. The Balaban J connectivity index is 1.69. The first-order valence-corrected chi connectivity index (χ1v) is 7.91. The Labute approximate surface area is 139 Å². The average Bonchev–Trinajstić information content (AvgIpc) is 2.85. The Bertz CT molecular complexity index is 912. The third-order valence-electron chi connectivity index (χ3n) is 4.20. The van der Waals surface area contributed by atoms with Crippen molar-refractivity contribution in [3.63, 3.8) is 0 Å². The summed E-state index contributed by atoms with van der Waals surface area (Å²) in [6, 6.07) is 11.2. The van der Waals surface area contributed by atoms with Gasteiger partial charge in [-0.05, 0) is 36.8 Å². The molecule has 0 aliphatic heterocycles. The highest BCUT2D eigenvalue weighted by Gasteiger charge is 2.13. The van der Waals surface area contributed by atoms with Crippen LogP contribution in [0.15, 0.2) is 53.6 Å². The molecule has 0 aliphatic rings. The lowest BCUT2D eigenvalue weighted by molar-refractivity contribution is -0.121. The normalized spacial score (nSPS) is 12.2. The number of carbonyl (C=O) groups is 1. The fourth-order valence-corrected chi connectivity index (χ4v) is 2.84. The number of amides is 1. The van der Waals surface area contributed by atoms with Gasteiger partial charge in [0.1, 0.15) is 0 Å². The van der Waals surface area contributed by atoms with Crippen molar-refractivity contribution in [3.05, 3.63) is 64.8 Å². The maximum Gasteiger partial charge on any atom is 0.328 e. The third kappa shape index (κ3) is 3.08. The molecule has 0 saturated heterocycles. The van der Waals surface area contributed by atoms with Crippen LogP contribution in [0.25, 0.3) is 11.0 Å². The topological polar surface area (TPSA) is 68.9 Å². The van der Waals surface area contributed by atoms with Gasteiger partial charge in [0.2, 0.25) is 5.91 Å². The van der Waals surface area contributed by atoms with E-state index < -0.39 is 0 Å². The predicted molar refractivity (Wildman–Crippen MR) is 92.6 cm³/mol. The fourth-order valence-electron chi connectivity index (χ4n) is 2.84. The van der Waals surface area contributed by atoms with Crippen LogP contribution in [0.5, 0.6) is 0 Å². The number of hydrogen-bond acceptors (Lipinski definition) is 3. The van der Waals surface area contributed by atoms with Crippen molar-refractivity contribution in [2.45, 2.75) is 25.9 Å². The highest BCUT2D eigenvalue weighted by Crippen LogP contribution is 2.13. The number of para-hydroxylation sites is 2. The van der Waals surface area contributed by atoms with E-state index in [0.29, 0.717) is 6.54 Å². The molecule has 1 atom stereocenters. The second kappa shape index (κ2) is 6.70. The van der Waals surface area contributed by atoms with Crippen LogP contribution in [0.1, 0.15) is 24.9 Å². The van der Waals surface area contributed by atoms with Crippen LogP contribution in [-0.2, 0) is 18.4 Å². The number of carbonyl (C=O) groups excluding carboxylic acids is 1. The lowest BCUT2D eigenvalue weighted by atomic mass is 10.1. The van der Waals surface area contributed by atoms with Crippen LogP contribution in [0.3, 0.4) is 0 Å². The molecule has 3 aromatic rings. The molecular weight excluding hydrogens is 304 g/mol. The molecule has 1 amide bonds. The average molecular weight is 324 g/mol. The molecule has 0 saturated carbocycles. The first kappa shape index (κ1) is 16.0. The van der Waals surface area contributed by atoms with E-state index in [0.717, 1.165) is 16.6 Å². The summed E-state index contributed by atoms with van der Waals surface area (Å²) in [6.45, 7) is 2.28. The van der Waals surface area contributed by atoms with Gasteiger partial charge >= 0.3 is 5.69 Å². The Hall–Kier alpha value is -2.89. The van der Waals surface area contributed by atoms with Crippen molar-refractivity contribution in [1.82, 2.24) is 19.4 Å². The zero-order valence-corrected chi connectivity index (χ0v) is 13.8. The maximum absolute atomic E-state index is 12.3. The van der Waals surface area contributed by atoms with Gasteiger partial charge in [-0.2, -0.15) is 0 Å². The number of aromatic nitrogens is 3. The summed E-state index contributed by atoms with van der Waals surface area (Å²) < 4.78 is 3.25. The van der Waals surface area contributed by atoms with E-state index in [9.17, 15) is 9.59 Å². The SMILES string of the molecule is C[C@H](NC(=O)CCn1c(=O)n(C)c2ccccc21)c1ccncc1. The number of nitrogens with zero attached hydrogens (tertiary/aromatic N) is 3. The molecule has 2 aromatic heterocycles. The number of hydrogen-bond donors (Lipinski definition) is 1. The van der Waals surface area contributed by atoms with Gasteiger partial charge in [0.25, 0.3) is 0 Å². The second-order valence-corrected chi connectivity index (χ2v) is 5.80. The van der Waals surface area contributed by atoms with E-state index in [-0.39, 0.29) is 24.1 Å². The van der Waals surface area contributed by atoms with Gasteiger partial charge in [0.05, 0.1) is 17.1 Å². The lowest BCUT2D eigenvalue weighted by Crippen LogP contribution is -2.29. The first-order valence-electron chi connectivity index (χ1n) is 7.91. The van der Waals surface area contributed by atoms with Gasteiger partial charge in [-0.15, -0.1) is 0 Å². The minimum atomic E-state index is -0.105. The van der Waals surface area contributed by atoms with Crippen LogP contribution in [0.4, 0.5) is 0 Å². The van der Waals surface area contributed by atoms with Gasteiger partial charge in [0, 0.05) is 32.4 Å². The van der Waals surface area contributed by atoms with Gasteiger partial charge in [-0.3, -0.25) is 18.9 Å². The quantitative estimate of drug-likeness (QED) is 0.780. The number of fused-ring (bicyclic) bond motifs is 1. The highest BCUT2D eigenvalue weighted by atomic mass is 16.2. The van der Waals surface area contributed by atoms with Crippen LogP contribution in [0, 0.1) is 0 Å². The molecule has 0 radical (unpaired) electrons. The van der Waals surface area contributed by atoms with E-state index in [1.54, 1.807) is 28.6 Å². The fraction of sp³-hybridized carbons (Fsp3) is 0.278. The molecular formula is C18H20N4O2. The molecule has 0 spiro atoms. The number of nitrogens with one attached hydrogen (secondary N) is 1. The number of imidazole rings is 1. The third-order valence-corrected chi connectivity index (χ3v) is 4.20. The van der Waals surface area contributed by atoms with E-state index in [2.05, 4.69) is 10.3 Å². The van der Waals surface area contributed by atoms with E-state index in [4.69, 9.17) is 0 Å². The minimum absolute atomic E-state index is 0.0841. The molecule has 24 heavy (non-hydrogen) atoms. The standard InChI is InChI=1S/C18H20N4O2/c1-13(14-7-10-19-11-8-14)20-17(23)9-12-22-16-6-4-3-5-15(16)21(2)18(22)24/h3-8,10-11,13H,9,12H2,1-2H3,(H,20,23)/t13-/m0/s1. The molecule has 0 unspecified atom stereocenters. The Morgan fingerprint density at radius 1 is 1.17 bits per heavy atom. The summed E-state index contributed by atoms with van der Waals surface area (Å²) in [6.07, 6.45) is 3.66. The van der Waals surface area contributed by atoms with Gasteiger partial charge in [0.15, 0.2) is 0 Å². The Kier molecular flexibility index (Phi) is 4.46. The highest BCUT2D eigenvalue weighted by molar-refractivity contribution is 5.78. The number of rotatable bonds is 5. The summed E-state index contributed by atoms with van der Waals surface area (Å²) in [5, 5.41) is 2.95. The Morgan fingerprint density at radius 3 is 2.54 bits per heavy atom. The van der Waals surface area contributed by atoms with Crippen molar-refractivity contribution in [2.75, 3.05) is 0 Å². The van der Waals surface area contributed by atoms with Crippen molar-refractivity contribution in [1.29, 1.82) is 0 Å². The molecule has 0 bridgehead atoms. The molecule has 124 valence electrons. The van der Waals surface area contributed by atoms with Gasteiger partial charge in [-0.25, -0.2) is 4.79 Å². The summed E-state index contributed by atoms with van der Waals surface area (Å²) in [5.74, 6) is -0.0841. The van der Waals surface area contributed by atoms with Gasteiger partial charge < -0.3 is 5.32 Å². The molecule has 1 aromatic carbocycles. The predicted octanol–water partition coefficient (Wildman–Crippen LogP) is 2.00. The molecule has 2 heterocycles. The Morgan fingerprint density at radius 2 is 1.83 bits per heavy atom.